The number of amides is 1. The fraction of sp³-hybridized carbons (Fsp3) is 0.450. The van der Waals surface area contributed by atoms with Crippen LogP contribution in [0.25, 0.3) is 11.1 Å². The first-order valence-corrected chi connectivity index (χ1v) is 9.18. The Hall–Kier alpha value is -2.65. The molecular weight excluding hydrogens is 326 g/mol. The molecule has 1 heterocycles. The van der Waals surface area contributed by atoms with Gasteiger partial charge in [-0.25, -0.2) is 0 Å². The Morgan fingerprint density at radius 1 is 1.23 bits per heavy atom. The predicted molar refractivity (Wildman–Crippen MR) is 99.9 cm³/mol. The summed E-state index contributed by atoms with van der Waals surface area (Å²) < 4.78 is 0. The summed E-state index contributed by atoms with van der Waals surface area (Å²) in [6.07, 6.45) is 9.62. The van der Waals surface area contributed by atoms with Crippen LogP contribution in [0.1, 0.15) is 44.1 Å². The third-order valence-electron chi connectivity index (χ3n) is 5.13. The van der Waals surface area contributed by atoms with E-state index in [1.165, 1.54) is 0 Å². The summed E-state index contributed by atoms with van der Waals surface area (Å²) in [6, 6.07) is 9.55. The van der Waals surface area contributed by atoms with Gasteiger partial charge in [0.2, 0.25) is 5.91 Å². The van der Waals surface area contributed by atoms with Gasteiger partial charge in [0, 0.05) is 18.2 Å². The minimum atomic E-state index is -0.837. The molecule has 0 aliphatic heterocycles. The van der Waals surface area contributed by atoms with E-state index < -0.39 is 11.6 Å². The van der Waals surface area contributed by atoms with Gasteiger partial charge < -0.3 is 11.1 Å². The molecule has 1 aromatic heterocycles. The molecule has 0 spiro atoms. The van der Waals surface area contributed by atoms with Crippen LogP contribution in [0.4, 0.5) is 0 Å². The smallest absolute Gasteiger partial charge is 0.241 e. The Kier molecular flexibility index (Phi) is 5.69. The van der Waals surface area contributed by atoms with Gasteiger partial charge in [-0.3, -0.25) is 9.89 Å². The van der Waals surface area contributed by atoms with Crippen molar-refractivity contribution in [2.75, 3.05) is 0 Å². The molecule has 0 saturated heterocycles. The van der Waals surface area contributed by atoms with Gasteiger partial charge >= 0.3 is 0 Å². The van der Waals surface area contributed by atoms with Crippen molar-refractivity contribution in [1.29, 1.82) is 5.26 Å². The second-order valence-corrected chi connectivity index (χ2v) is 7.11. The van der Waals surface area contributed by atoms with Crippen molar-refractivity contribution in [2.45, 2.75) is 56.5 Å². The molecule has 1 fully saturated rings. The van der Waals surface area contributed by atoms with Crippen LogP contribution in [0.5, 0.6) is 0 Å². The lowest BCUT2D eigenvalue weighted by Crippen LogP contribution is -2.56. The summed E-state index contributed by atoms with van der Waals surface area (Å²) in [5, 5.41) is 19.1. The number of benzene rings is 1. The minimum Gasteiger partial charge on any atom is -0.338 e. The number of hydrogen-bond acceptors (Lipinski definition) is 4. The van der Waals surface area contributed by atoms with Gasteiger partial charge in [0.15, 0.2) is 0 Å². The van der Waals surface area contributed by atoms with Crippen molar-refractivity contribution in [3.8, 4) is 17.2 Å². The molecule has 6 heteroatoms. The van der Waals surface area contributed by atoms with E-state index in [1.807, 2.05) is 30.5 Å². The molecule has 1 saturated carbocycles. The van der Waals surface area contributed by atoms with Crippen molar-refractivity contribution in [1.82, 2.24) is 15.5 Å². The number of nitriles is 1. The number of nitrogens with two attached hydrogens (primary N) is 1. The van der Waals surface area contributed by atoms with E-state index in [-0.39, 0.29) is 5.91 Å². The molecule has 1 atom stereocenters. The van der Waals surface area contributed by atoms with E-state index in [2.05, 4.69) is 21.6 Å². The maximum atomic E-state index is 12.6. The Morgan fingerprint density at radius 2 is 1.92 bits per heavy atom. The number of carbonyl (C=O) groups is 1. The van der Waals surface area contributed by atoms with Crippen LogP contribution in [0.3, 0.4) is 0 Å². The Labute approximate surface area is 153 Å². The second-order valence-electron chi connectivity index (χ2n) is 7.11. The van der Waals surface area contributed by atoms with Crippen LogP contribution in [0, 0.1) is 11.3 Å². The average Bonchev–Trinajstić information content (AvgIpc) is 3.10. The summed E-state index contributed by atoms with van der Waals surface area (Å²) in [6.45, 7) is 0. The summed E-state index contributed by atoms with van der Waals surface area (Å²) in [5.74, 6) is -0.194. The molecule has 6 nitrogen and oxygen atoms in total. The summed E-state index contributed by atoms with van der Waals surface area (Å²) in [7, 11) is 0. The van der Waals surface area contributed by atoms with Crippen molar-refractivity contribution in [3.05, 3.63) is 42.2 Å². The highest BCUT2D eigenvalue weighted by Crippen LogP contribution is 2.25. The third kappa shape index (κ3) is 4.30. The molecular formula is C20H25N5O. The number of aromatic nitrogens is 2. The summed E-state index contributed by atoms with van der Waals surface area (Å²) in [4.78, 5) is 12.6. The molecule has 0 unspecified atom stereocenters. The normalized spacial score (nSPS) is 17.7. The molecule has 0 bridgehead atoms. The fourth-order valence-corrected chi connectivity index (χ4v) is 3.50. The lowest BCUT2D eigenvalue weighted by atomic mass is 9.90. The van der Waals surface area contributed by atoms with E-state index in [0.717, 1.165) is 42.4 Å². The van der Waals surface area contributed by atoms with Crippen LogP contribution in [-0.4, -0.2) is 27.7 Å². The van der Waals surface area contributed by atoms with Gasteiger partial charge in [0.05, 0.1) is 17.8 Å². The van der Waals surface area contributed by atoms with Crippen LogP contribution >= 0.6 is 0 Å². The molecule has 0 radical (unpaired) electrons. The maximum absolute atomic E-state index is 12.6. The lowest BCUT2D eigenvalue weighted by molar-refractivity contribution is -0.127. The van der Waals surface area contributed by atoms with Crippen molar-refractivity contribution in [3.63, 3.8) is 0 Å². The molecule has 1 aliphatic carbocycles. The molecule has 4 N–H and O–H groups in total. The Balaban J connectivity index is 1.62. The summed E-state index contributed by atoms with van der Waals surface area (Å²) in [5.41, 5.74) is 8.57. The van der Waals surface area contributed by atoms with Gasteiger partial charge in [-0.05, 0) is 24.0 Å². The molecule has 1 aromatic carbocycles. The van der Waals surface area contributed by atoms with E-state index >= 15 is 0 Å². The van der Waals surface area contributed by atoms with E-state index in [0.29, 0.717) is 19.3 Å². The van der Waals surface area contributed by atoms with Gasteiger partial charge in [-0.15, -0.1) is 0 Å². The first-order chi connectivity index (χ1) is 12.6. The van der Waals surface area contributed by atoms with Crippen LogP contribution in [0.2, 0.25) is 0 Å². The molecule has 3 rings (SSSR count). The zero-order chi connectivity index (χ0) is 18.4. The Morgan fingerprint density at radius 3 is 2.50 bits per heavy atom. The summed E-state index contributed by atoms with van der Waals surface area (Å²) >= 11 is 0. The maximum Gasteiger partial charge on any atom is 0.241 e. The second kappa shape index (κ2) is 8.15. The van der Waals surface area contributed by atoms with Gasteiger partial charge in [-0.2, -0.15) is 10.4 Å². The van der Waals surface area contributed by atoms with Crippen molar-refractivity contribution < 1.29 is 4.79 Å². The third-order valence-corrected chi connectivity index (χ3v) is 5.13. The highest BCUT2D eigenvalue weighted by molar-refractivity contribution is 5.86. The molecule has 26 heavy (non-hydrogen) atoms. The first-order valence-electron chi connectivity index (χ1n) is 9.18. The van der Waals surface area contributed by atoms with Crippen LogP contribution < -0.4 is 11.1 Å². The highest BCUT2D eigenvalue weighted by atomic mass is 16.2. The molecule has 136 valence electrons. The monoisotopic (exact) mass is 351 g/mol. The zero-order valence-electron chi connectivity index (χ0n) is 14.9. The number of H-pyrrole nitrogens is 1. The molecule has 1 amide bonds. The molecule has 2 aromatic rings. The van der Waals surface area contributed by atoms with Gasteiger partial charge in [0.1, 0.15) is 6.04 Å². The number of hydrogen-bond donors (Lipinski definition) is 3. The minimum absolute atomic E-state index is 0.194. The van der Waals surface area contributed by atoms with E-state index in [1.54, 1.807) is 6.20 Å². The highest BCUT2D eigenvalue weighted by Gasteiger charge is 2.35. The average molecular weight is 351 g/mol. The van der Waals surface area contributed by atoms with Crippen LogP contribution in [0.15, 0.2) is 36.7 Å². The van der Waals surface area contributed by atoms with E-state index in [4.69, 9.17) is 5.73 Å². The van der Waals surface area contributed by atoms with Crippen LogP contribution in [-0.2, 0) is 11.2 Å². The number of rotatable bonds is 5. The van der Waals surface area contributed by atoms with E-state index in [9.17, 15) is 10.1 Å². The quantitative estimate of drug-likeness (QED) is 0.720. The number of carbonyl (C=O) groups excluding carboxylic acids is 1. The molecule has 1 aliphatic rings. The first kappa shape index (κ1) is 18.2. The van der Waals surface area contributed by atoms with Crippen molar-refractivity contribution >= 4 is 5.91 Å². The largest absolute Gasteiger partial charge is 0.338 e. The Bertz CT molecular complexity index is 752. The number of aromatic amines is 1. The SMILES string of the molecule is N#C[C@H](Cc1ccc(-c2cn[nH]c2)cc1)NC(=O)C1(N)CCCCCC1. The fourth-order valence-electron chi connectivity index (χ4n) is 3.50. The van der Waals surface area contributed by atoms with Gasteiger partial charge in [0.25, 0.3) is 0 Å². The zero-order valence-corrected chi connectivity index (χ0v) is 14.9. The van der Waals surface area contributed by atoms with Gasteiger partial charge in [-0.1, -0.05) is 49.9 Å². The number of nitrogens with one attached hydrogen (secondary N) is 2. The predicted octanol–water partition coefficient (Wildman–Crippen LogP) is 2.68. The van der Waals surface area contributed by atoms with Crippen molar-refractivity contribution in [2.24, 2.45) is 5.73 Å². The topological polar surface area (TPSA) is 108 Å². The number of nitrogens with zero attached hydrogens (tertiary/aromatic N) is 2. The standard InChI is InChI=1S/C20H25N5O/c21-12-18(25-19(26)20(22)9-3-1-2-4-10-20)11-15-5-7-16(8-6-15)17-13-23-24-14-17/h5-8,13-14,18H,1-4,9-11,22H2,(H,23,24)(H,25,26)/t18-/m0/s1. The lowest BCUT2D eigenvalue weighted by Gasteiger charge is -2.28.